The summed E-state index contributed by atoms with van der Waals surface area (Å²) >= 11 is 0. The molecule has 0 atom stereocenters. The molecule has 0 amide bonds. The zero-order valence-electron chi connectivity index (χ0n) is 8.05. The zero-order valence-corrected chi connectivity index (χ0v) is 8.05. The second kappa shape index (κ2) is 3.05. The van der Waals surface area contributed by atoms with Crippen LogP contribution in [-0.4, -0.2) is 19.7 Å². The van der Waals surface area contributed by atoms with Crippen molar-refractivity contribution < 1.29 is 0 Å². The average molecular weight is 202 g/mol. The van der Waals surface area contributed by atoms with Crippen molar-refractivity contribution in [3.8, 4) is 5.82 Å². The van der Waals surface area contributed by atoms with E-state index in [2.05, 4.69) is 15.1 Å². The van der Waals surface area contributed by atoms with Crippen LogP contribution in [-0.2, 0) is 0 Å². The first-order valence-corrected chi connectivity index (χ1v) is 4.93. The lowest BCUT2D eigenvalue weighted by molar-refractivity contribution is 0.787. The second-order valence-electron chi connectivity index (χ2n) is 3.73. The molecule has 0 aromatic carbocycles. The molecule has 1 saturated carbocycles. The Bertz CT molecular complexity index is 524. The van der Waals surface area contributed by atoms with E-state index >= 15 is 0 Å². The first-order valence-electron chi connectivity index (χ1n) is 4.93. The van der Waals surface area contributed by atoms with Gasteiger partial charge in [-0.25, -0.2) is 14.6 Å². The Labute approximate surface area is 85.8 Å². The van der Waals surface area contributed by atoms with Gasteiger partial charge in [-0.3, -0.25) is 9.89 Å². The highest BCUT2D eigenvalue weighted by Gasteiger charge is 2.26. The van der Waals surface area contributed by atoms with Crippen LogP contribution in [0.25, 0.3) is 5.82 Å². The summed E-state index contributed by atoms with van der Waals surface area (Å²) in [5.41, 5.74) is 0.953. The molecule has 0 saturated heterocycles. The lowest BCUT2D eigenvalue weighted by Crippen LogP contribution is -2.14. The van der Waals surface area contributed by atoms with Gasteiger partial charge in [0.2, 0.25) is 0 Å². The molecule has 2 aromatic heterocycles. The van der Waals surface area contributed by atoms with E-state index in [9.17, 15) is 4.79 Å². The highest BCUT2D eigenvalue weighted by Crippen LogP contribution is 2.38. The van der Waals surface area contributed by atoms with Crippen LogP contribution in [0.5, 0.6) is 0 Å². The van der Waals surface area contributed by atoms with Crippen molar-refractivity contribution in [2.24, 2.45) is 0 Å². The van der Waals surface area contributed by atoms with Crippen LogP contribution in [0, 0.1) is 0 Å². The summed E-state index contributed by atoms with van der Waals surface area (Å²) in [5, 5.41) is 3.07. The maximum atomic E-state index is 11.6. The van der Waals surface area contributed by atoms with E-state index in [1.807, 2.05) is 0 Å². The van der Waals surface area contributed by atoms with Crippen LogP contribution < -0.4 is 5.56 Å². The number of aromatic nitrogens is 4. The van der Waals surface area contributed by atoms with E-state index in [1.165, 1.54) is 23.9 Å². The SMILES string of the molecule is O=c1cc(C2CC2)[nH]n1-c1ccncn1. The Balaban J connectivity index is 2.08. The van der Waals surface area contributed by atoms with Crippen LogP contribution >= 0.6 is 0 Å². The van der Waals surface area contributed by atoms with E-state index in [0.29, 0.717) is 11.7 Å². The third-order valence-electron chi connectivity index (χ3n) is 2.55. The lowest BCUT2D eigenvalue weighted by Gasteiger charge is -1.98. The van der Waals surface area contributed by atoms with E-state index in [-0.39, 0.29) is 5.56 Å². The molecule has 5 nitrogen and oxygen atoms in total. The molecule has 5 heteroatoms. The fourth-order valence-corrected chi connectivity index (χ4v) is 1.60. The normalized spacial score (nSPS) is 15.5. The van der Waals surface area contributed by atoms with Gasteiger partial charge in [0, 0.05) is 29.9 Å². The molecule has 15 heavy (non-hydrogen) atoms. The fourth-order valence-electron chi connectivity index (χ4n) is 1.60. The van der Waals surface area contributed by atoms with Crippen molar-refractivity contribution in [1.29, 1.82) is 0 Å². The van der Waals surface area contributed by atoms with E-state index in [4.69, 9.17) is 0 Å². The van der Waals surface area contributed by atoms with Crippen LogP contribution in [0.15, 0.2) is 29.5 Å². The quantitative estimate of drug-likeness (QED) is 0.784. The van der Waals surface area contributed by atoms with Crippen molar-refractivity contribution in [3.05, 3.63) is 40.7 Å². The minimum atomic E-state index is -0.0596. The van der Waals surface area contributed by atoms with Gasteiger partial charge in [-0.05, 0) is 12.8 Å². The van der Waals surface area contributed by atoms with E-state index in [1.54, 1.807) is 18.3 Å². The third kappa shape index (κ3) is 1.45. The van der Waals surface area contributed by atoms with Crippen molar-refractivity contribution >= 4 is 0 Å². The van der Waals surface area contributed by atoms with E-state index in [0.717, 1.165) is 5.69 Å². The molecule has 1 aliphatic rings. The summed E-state index contributed by atoms with van der Waals surface area (Å²) < 4.78 is 1.45. The predicted molar refractivity (Wildman–Crippen MR) is 54.0 cm³/mol. The minimum absolute atomic E-state index is 0.0596. The number of nitrogens with one attached hydrogen (secondary N) is 1. The van der Waals surface area contributed by atoms with Crippen LogP contribution in [0.4, 0.5) is 0 Å². The van der Waals surface area contributed by atoms with Crippen molar-refractivity contribution in [3.63, 3.8) is 0 Å². The zero-order chi connectivity index (χ0) is 10.3. The summed E-state index contributed by atoms with van der Waals surface area (Å²) in [7, 11) is 0. The Morgan fingerprint density at radius 3 is 3.00 bits per heavy atom. The van der Waals surface area contributed by atoms with Gasteiger partial charge in [0.25, 0.3) is 5.56 Å². The second-order valence-corrected chi connectivity index (χ2v) is 3.73. The van der Waals surface area contributed by atoms with Gasteiger partial charge in [0.1, 0.15) is 6.33 Å². The molecular formula is C10H10N4O. The first kappa shape index (κ1) is 8.40. The van der Waals surface area contributed by atoms with Crippen LogP contribution in [0.1, 0.15) is 24.5 Å². The Morgan fingerprint density at radius 1 is 1.47 bits per heavy atom. The molecule has 0 unspecified atom stereocenters. The first-order chi connectivity index (χ1) is 7.34. The van der Waals surface area contributed by atoms with Crippen molar-refractivity contribution in [2.45, 2.75) is 18.8 Å². The van der Waals surface area contributed by atoms with Crippen LogP contribution in [0.3, 0.4) is 0 Å². The maximum absolute atomic E-state index is 11.6. The van der Waals surface area contributed by atoms with Gasteiger partial charge < -0.3 is 0 Å². The maximum Gasteiger partial charge on any atom is 0.272 e. The van der Waals surface area contributed by atoms with Crippen molar-refractivity contribution in [2.75, 3.05) is 0 Å². The van der Waals surface area contributed by atoms with Gasteiger partial charge in [-0.15, -0.1) is 0 Å². The van der Waals surface area contributed by atoms with Gasteiger partial charge in [-0.2, -0.15) is 0 Å². The van der Waals surface area contributed by atoms with E-state index < -0.39 is 0 Å². The highest BCUT2D eigenvalue weighted by molar-refractivity contribution is 5.21. The molecule has 1 N–H and O–H groups in total. The summed E-state index contributed by atoms with van der Waals surface area (Å²) in [5.74, 6) is 1.13. The molecular weight excluding hydrogens is 192 g/mol. The topological polar surface area (TPSA) is 63.6 Å². The number of aromatic amines is 1. The molecule has 2 aromatic rings. The van der Waals surface area contributed by atoms with Gasteiger partial charge in [0.15, 0.2) is 5.82 Å². The molecule has 0 aliphatic heterocycles. The monoisotopic (exact) mass is 202 g/mol. The molecule has 0 bridgehead atoms. The molecule has 3 rings (SSSR count). The third-order valence-corrected chi connectivity index (χ3v) is 2.55. The minimum Gasteiger partial charge on any atom is -0.293 e. The molecule has 0 radical (unpaired) electrons. The number of rotatable bonds is 2. The standard InChI is InChI=1S/C10H10N4O/c15-10-5-8(7-1-2-7)13-14(10)9-3-4-11-6-12-9/h3-7,13H,1-2H2. The average Bonchev–Trinajstić information content (AvgIpc) is 3.04. The van der Waals surface area contributed by atoms with Crippen molar-refractivity contribution in [1.82, 2.24) is 19.7 Å². The largest absolute Gasteiger partial charge is 0.293 e. The summed E-state index contributed by atoms with van der Waals surface area (Å²) in [6, 6.07) is 3.36. The summed E-state index contributed by atoms with van der Waals surface area (Å²) in [4.78, 5) is 19.5. The fraction of sp³-hybridized carbons (Fsp3) is 0.300. The number of hydrogen-bond acceptors (Lipinski definition) is 3. The van der Waals surface area contributed by atoms with Gasteiger partial charge in [0.05, 0.1) is 0 Å². The predicted octanol–water partition coefficient (Wildman–Crippen LogP) is 0.833. The van der Waals surface area contributed by atoms with Gasteiger partial charge >= 0.3 is 0 Å². The lowest BCUT2D eigenvalue weighted by atomic mass is 10.3. The molecule has 1 aliphatic carbocycles. The Hall–Kier alpha value is -1.91. The Kier molecular flexibility index (Phi) is 1.71. The number of hydrogen-bond donors (Lipinski definition) is 1. The van der Waals surface area contributed by atoms with Crippen LogP contribution in [0.2, 0.25) is 0 Å². The Morgan fingerprint density at radius 2 is 2.33 bits per heavy atom. The molecule has 76 valence electrons. The summed E-state index contributed by atoms with van der Waals surface area (Å²) in [6.45, 7) is 0. The molecule has 0 spiro atoms. The smallest absolute Gasteiger partial charge is 0.272 e. The highest BCUT2D eigenvalue weighted by atomic mass is 16.1. The number of nitrogens with zero attached hydrogens (tertiary/aromatic N) is 3. The molecule has 2 heterocycles. The molecule has 1 fully saturated rings. The number of H-pyrrole nitrogens is 1. The van der Waals surface area contributed by atoms with Gasteiger partial charge in [-0.1, -0.05) is 0 Å². The summed E-state index contributed by atoms with van der Waals surface area (Å²) in [6.07, 6.45) is 5.39.